The number of ketones is 2. The van der Waals surface area contributed by atoms with E-state index < -0.39 is 28.5 Å². The Bertz CT molecular complexity index is 928. The van der Waals surface area contributed by atoms with E-state index >= 15 is 0 Å². The van der Waals surface area contributed by atoms with Crippen LogP contribution in [-0.4, -0.2) is 34.3 Å². The highest BCUT2D eigenvalue weighted by atomic mass is 16.6. The molecule has 3 fully saturated rings. The first-order chi connectivity index (χ1) is 13.5. The molecule has 4 aliphatic carbocycles. The number of carbonyl (C=O) groups is 3. The third-order valence-corrected chi connectivity index (χ3v) is 8.86. The fourth-order valence-electron chi connectivity index (χ4n) is 7.52. The number of Topliss-reactive ketones (excluding diaryl/α,β-unsaturated/α-hetero) is 2. The van der Waals surface area contributed by atoms with Crippen LogP contribution in [0.2, 0.25) is 0 Å². The van der Waals surface area contributed by atoms with Crippen molar-refractivity contribution in [2.45, 2.75) is 71.0 Å². The normalized spacial score (nSPS) is 44.7. The van der Waals surface area contributed by atoms with E-state index in [2.05, 4.69) is 0 Å². The van der Waals surface area contributed by atoms with Gasteiger partial charge in [-0.2, -0.15) is 0 Å². The Balaban J connectivity index is 1.78. The first kappa shape index (κ1) is 19.0. The number of carbonyl (C=O) groups excluding carboxylic acids is 3. The van der Waals surface area contributed by atoms with Gasteiger partial charge < -0.3 is 14.3 Å². The molecule has 7 unspecified atom stereocenters. The molecule has 6 nitrogen and oxygen atoms in total. The number of hydrogen-bond acceptors (Lipinski definition) is 6. The van der Waals surface area contributed by atoms with E-state index in [1.165, 1.54) is 6.92 Å². The molecule has 4 aliphatic rings. The number of furan rings is 1. The Hall–Kier alpha value is -1.95. The molecule has 0 bridgehead atoms. The van der Waals surface area contributed by atoms with E-state index in [1.807, 2.05) is 26.8 Å². The topological polar surface area (TPSA) is 93.8 Å². The molecule has 156 valence electrons. The Morgan fingerprint density at radius 1 is 1.24 bits per heavy atom. The van der Waals surface area contributed by atoms with Crippen molar-refractivity contribution in [3.63, 3.8) is 0 Å². The SMILES string of the molecule is CC(=O)OC1C2CC(=O)C3c4ccoc4CC(C32)C2(C)C(=O)CCC(C)(C)C12O. The van der Waals surface area contributed by atoms with Gasteiger partial charge in [0, 0.05) is 43.6 Å². The van der Waals surface area contributed by atoms with Gasteiger partial charge in [-0.25, -0.2) is 0 Å². The maximum atomic E-state index is 13.5. The van der Waals surface area contributed by atoms with Crippen molar-refractivity contribution in [1.82, 2.24) is 0 Å². The van der Waals surface area contributed by atoms with Crippen LogP contribution in [0.3, 0.4) is 0 Å². The molecule has 0 radical (unpaired) electrons. The van der Waals surface area contributed by atoms with Crippen molar-refractivity contribution in [2.24, 2.45) is 28.6 Å². The lowest BCUT2D eigenvalue weighted by molar-refractivity contribution is -0.288. The molecule has 0 saturated heterocycles. The van der Waals surface area contributed by atoms with Gasteiger partial charge in [0.05, 0.1) is 11.7 Å². The lowest BCUT2D eigenvalue weighted by Crippen LogP contribution is -2.77. The fourth-order valence-corrected chi connectivity index (χ4v) is 7.52. The fraction of sp³-hybridized carbons (Fsp3) is 0.696. The zero-order chi connectivity index (χ0) is 20.9. The van der Waals surface area contributed by atoms with Gasteiger partial charge in [-0.1, -0.05) is 13.8 Å². The molecule has 0 aliphatic heterocycles. The summed E-state index contributed by atoms with van der Waals surface area (Å²) in [6.07, 6.45) is 2.37. The van der Waals surface area contributed by atoms with Gasteiger partial charge in [-0.3, -0.25) is 14.4 Å². The zero-order valence-electron chi connectivity index (χ0n) is 17.4. The van der Waals surface area contributed by atoms with Crippen molar-refractivity contribution in [1.29, 1.82) is 0 Å². The van der Waals surface area contributed by atoms with E-state index in [9.17, 15) is 19.5 Å². The predicted molar refractivity (Wildman–Crippen MR) is 102 cm³/mol. The highest BCUT2D eigenvalue weighted by Gasteiger charge is 2.77. The highest BCUT2D eigenvalue weighted by Crippen LogP contribution is 2.70. The first-order valence-corrected chi connectivity index (χ1v) is 10.6. The Morgan fingerprint density at radius 3 is 2.66 bits per heavy atom. The summed E-state index contributed by atoms with van der Waals surface area (Å²) < 4.78 is 11.5. The second kappa shape index (κ2) is 5.60. The monoisotopic (exact) mass is 400 g/mol. The van der Waals surface area contributed by atoms with Crippen LogP contribution in [0.15, 0.2) is 16.7 Å². The molecule has 0 spiro atoms. The van der Waals surface area contributed by atoms with Gasteiger partial charge in [-0.15, -0.1) is 0 Å². The lowest BCUT2D eigenvalue weighted by atomic mass is 9.39. The van der Waals surface area contributed by atoms with Crippen LogP contribution in [0.5, 0.6) is 0 Å². The number of esters is 1. The standard InChI is InChI=1S/C23H28O6/c1-11(24)29-20-13-9-15(25)19-12-6-8-28-16(12)10-14(18(13)19)22(4)17(26)5-7-21(2,3)23(20,22)27/h6,8,13-14,18-20,27H,5,7,9-10H2,1-4H3. The van der Waals surface area contributed by atoms with Crippen LogP contribution in [0.4, 0.5) is 0 Å². The molecule has 29 heavy (non-hydrogen) atoms. The average molecular weight is 400 g/mol. The molecule has 0 amide bonds. The van der Waals surface area contributed by atoms with Crippen molar-refractivity contribution < 1.29 is 28.6 Å². The van der Waals surface area contributed by atoms with E-state index in [1.54, 1.807) is 6.26 Å². The smallest absolute Gasteiger partial charge is 0.303 e. The molecule has 0 aromatic carbocycles. The van der Waals surface area contributed by atoms with Crippen molar-refractivity contribution in [3.8, 4) is 0 Å². The van der Waals surface area contributed by atoms with Gasteiger partial charge >= 0.3 is 5.97 Å². The van der Waals surface area contributed by atoms with E-state index in [0.717, 1.165) is 11.3 Å². The number of aliphatic hydroxyl groups is 1. The summed E-state index contributed by atoms with van der Waals surface area (Å²) in [5.74, 6) is -0.692. The lowest BCUT2D eigenvalue weighted by Gasteiger charge is -2.67. The summed E-state index contributed by atoms with van der Waals surface area (Å²) >= 11 is 0. The molecular formula is C23H28O6. The van der Waals surface area contributed by atoms with Gasteiger partial charge in [-0.05, 0) is 36.7 Å². The average Bonchev–Trinajstić information content (AvgIpc) is 3.24. The molecule has 6 heteroatoms. The third-order valence-electron chi connectivity index (χ3n) is 8.86. The number of hydrogen-bond donors (Lipinski definition) is 1. The van der Waals surface area contributed by atoms with Crippen LogP contribution in [-0.2, 0) is 25.5 Å². The van der Waals surface area contributed by atoms with Crippen LogP contribution in [0.25, 0.3) is 0 Å². The van der Waals surface area contributed by atoms with Gasteiger partial charge in [0.15, 0.2) is 0 Å². The molecule has 5 rings (SSSR count). The summed E-state index contributed by atoms with van der Waals surface area (Å²) in [5, 5.41) is 12.4. The quantitative estimate of drug-likeness (QED) is 0.729. The predicted octanol–water partition coefficient (Wildman–Crippen LogP) is 2.81. The van der Waals surface area contributed by atoms with Gasteiger partial charge in [0.1, 0.15) is 29.0 Å². The van der Waals surface area contributed by atoms with Crippen molar-refractivity contribution >= 4 is 17.5 Å². The second-order valence-electron chi connectivity index (χ2n) is 10.3. The summed E-state index contributed by atoms with van der Waals surface area (Å²) in [5.41, 5.74) is -2.42. The second-order valence-corrected chi connectivity index (χ2v) is 10.3. The summed E-state index contributed by atoms with van der Waals surface area (Å²) in [7, 11) is 0. The Kier molecular flexibility index (Phi) is 3.67. The molecule has 1 heterocycles. The minimum Gasteiger partial charge on any atom is -0.469 e. The third kappa shape index (κ3) is 2.03. The number of rotatable bonds is 1. The van der Waals surface area contributed by atoms with Crippen LogP contribution < -0.4 is 0 Å². The van der Waals surface area contributed by atoms with Crippen molar-refractivity contribution in [2.75, 3.05) is 0 Å². The van der Waals surface area contributed by atoms with E-state index in [0.29, 0.717) is 19.3 Å². The minimum atomic E-state index is -1.55. The Morgan fingerprint density at radius 2 is 1.97 bits per heavy atom. The van der Waals surface area contributed by atoms with Crippen LogP contribution >= 0.6 is 0 Å². The maximum absolute atomic E-state index is 13.5. The molecular weight excluding hydrogens is 372 g/mol. The van der Waals surface area contributed by atoms with E-state index in [-0.39, 0.29) is 41.7 Å². The van der Waals surface area contributed by atoms with Crippen LogP contribution in [0, 0.1) is 28.6 Å². The maximum Gasteiger partial charge on any atom is 0.303 e. The summed E-state index contributed by atoms with van der Waals surface area (Å²) in [6.45, 7) is 7.06. The molecule has 7 atom stereocenters. The van der Waals surface area contributed by atoms with Gasteiger partial charge in [0.25, 0.3) is 0 Å². The zero-order valence-corrected chi connectivity index (χ0v) is 17.4. The Labute approximate surface area is 170 Å². The van der Waals surface area contributed by atoms with Crippen LogP contribution in [0.1, 0.15) is 64.2 Å². The highest BCUT2D eigenvalue weighted by molar-refractivity contribution is 5.92. The molecule has 1 aromatic heterocycles. The number of ether oxygens (including phenoxy) is 1. The molecule has 1 aromatic rings. The molecule has 3 saturated carbocycles. The largest absolute Gasteiger partial charge is 0.469 e. The minimum absolute atomic E-state index is 0.00645. The van der Waals surface area contributed by atoms with Gasteiger partial charge in [0.2, 0.25) is 0 Å². The number of fused-ring (bicyclic) bond motifs is 4. The summed E-state index contributed by atoms with van der Waals surface area (Å²) in [4.78, 5) is 38.7. The van der Waals surface area contributed by atoms with E-state index in [4.69, 9.17) is 9.15 Å². The summed E-state index contributed by atoms with van der Waals surface area (Å²) in [6, 6.07) is 1.85. The van der Waals surface area contributed by atoms with Crippen molar-refractivity contribution in [3.05, 3.63) is 23.7 Å². The molecule has 1 N–H and O–H groups in total. The first-order valence-electron chi connectivity index (χ1n) is 10.6.